The number of hydrogen-bond acceptors (Lipinski definition) is 3. The molecule has 2 atom stereocenters. The molecule has 66 valence electrons. The van der Waals surface area contributed by atoms with Gasteiger partial charge in [0.15, 0.2) is 0 Å². The number of carboxylic acids is 1. The molecule has 2 unspecified atom stereocenters. The molecule has 0 bridgehead atoms. The maximum Gasteiger partial charge on any atom is 0.308 e. The minimum Gasteiger partial charge on any atom is -0.481 e. The van der Waals surface area contributed by atoms with Crippen LogP contribution in [0.1, 0.15) is 13.8 Å². The first kappa shape index (κ1) is 10.4. The maximum absolute atomic E-state index is 10.6. The quantitative estimate of drug-likeness (QED) is 0.523. The second-order valence-corrected chi connectivity index (χ2v) is 3.01. The van der Waals surface area contributed by atoms with Crippen LogP contribution >= 0.6 is 0 Å². The Bertz CT molecular complexity index is 136. The molecule has 0 aromatic heterocycles. The molecule has 0 aromatic carbocycles. The van der Waals surface area contributed by atoms with Crippen LogP contribution in [0.3, 0.4) is 0 Å². The topological polar surface area (TPSA) is 89.3 Å². The van der Waals surface area contributed by atoms with Crippen LogP contribution < -0.4 is 11.5 Å². The highest BCUT2D eigenvalue weighted by Crippen LogP contribution is 2.13. The number of rotatable bonds is 4. The van der Waals surface area contributed by atoms with E-state index in [4.69, 9.17) is 16.6 Å². The SMILES string of the molecule is CC(C)C(C(=O)O)C(N)CN. The molecule has 4 nitrogen and oxygen atoms in total. The van der Waals surface area contributed by atoms with Crippen molar-refractivity contribution >= 4 is 5.97 Å². The predicted octanol–water partition coefficient (Wildman–Crippen LogP) is -0.371. The Kier molecular flexibility index (Phi) is 4.07. The third-order valence-electron chi connectivity index (χ3n) is 1.74. The van der Waals surface area contributed by atoms with E-state index in [0.29, 0.717) is 0 Å². The minimum atomic E-state index is -0.863. The molecule has 0 saturated carbocycles. The molecule has 0 amide bonds. The molecule has 0 aromatic rings. The van der Waals surface area contributed by atoms with Crippen molar-refractivity contribution in [2.24, 2.45) is 23.3 Å². The fraction of sp³-hybridized carbons (Fsp3) is 0.857. The Balaban J connectivity index is 4.21. The second-order valence-electron chi connectivity index (χ2n) is 3.01. The van der Waals surface area contributed by atoms with Gasteiger partial charge in [0.1, 0.15) is 0 Å². The molecule has 0 aliphatic heterocycles. The molecule has 0 aliphatic rings. The zero-order valence-electron chi connectivity index (χ0n) is 6.95. The maximum atomic E-state index is 10.6. The van der Waals surface area contributed by atoms with Gasteiger partial charge in [-0.15, -0.1) is 0 Å². The number of carbonyl (C=O) groups is 1. The van der Waals surface area contributed by atoms with Crippen LogP contribution in [-0.4, -0.2) is 23.7 Å². The van der Waals surface area contributed by atoms with Crippen LogP contribution in [0.4, 0.5) is 0 Å². The molecular formula is C7H16N2O2. The van der Waals surface area contributed by atoms with E-state index >= 15 is 0 Å². The van der Waals surface area contributed by atoms with Gasteiger partial charge >= 0.3 is 5.97 Å². The lowest BCUT2D eigenvalue weighted by molar-refractivity contribution is -0.144. The first-order valence-electron chi connectivity index (χ1n) is 3.69. The van der Waals surface area contributed by atoms with E-state index in [1.807, 2.05) is 13.8 Å². The van der Waals surface area contributed by atoms with Crippen LogP contribution in [0.2, 0.25) is 0 Å². The van der Waals surface area contributed by atoms with Gasteiger partial charge in [-0.2, -0.15) is 0 Å². The van der Waals surface area contributed by atoms with Gasteiger partial charge in [-0.05, 0) is 5.92 Å². The average Bonchev–Trinajstić information content (AvgIpc) is 1.85. The van der Waals surface area contributed by atoms with Gasteiger partial charge in [0.25, 0.3) is 0 Å². The van der Waals surface area contributed by atoms with E-state index in [0.717, 1.165) is 0 Å². The van der Waals surface area contributed by atoms with Gasteiger partial charge in [0.05, 0.1) is 5.92 Å². The zero-order valence-corrected chi connectivity index (χ0v) is 6.95. The Hall–Kier alpha value is -0.610. The van der Waals surface area contributed by atoms with Crippen molar-refractivity contribution < 1.29 is 9.90 Å². The highest BCUT2D eigenvalue weighted by molar-refractivity contribution is 5.71. The molecule has 0 heterocycles. The van der Waals surface area contributed by atoms with Crippen molar-refractivity contribution in [3.8, 4) is 0 Å². The summed E-state index contributed by atoms with van der Waals surface area (Å²) in [6, 6.07) is -0.438. The smallest absolute Gasteiger partial charge is 0.308 e. The summed E-state index contributed by atoms with van der Waals surface area (Å²) >= 11 is 0. The normalized spacial score (nSPS) is 16.5. The lowest BCUT2D eigenvalue weighted by Gasteiger charge is -2.21. The lowest BCUT2D eigenvalue weighted by atomic mass is 9.89. The molecule has 0 fully saturated rings. The van der Waals surface area contributed by atoms with Gasteiger partial charge in [-0.25, -0.2) is 0 Å². The Morgan fingerprint density at radius 2 is 2.00 bits per heavy atom. The van der Waals surface area contributed by atoms with E-state index in [-0.39, 0.29) is 12.5 Å². The first-order valence-corrected chi connectivity index (χ1v) is 3.69. The standard InChI is InChI=1S/C7H16N2O2/c1-4(2)6(7(10)11)5(9)3-8/h4-6H,3,8-9H2,1-2H3,(H,10,11). The van der Waals surface area contributed by atoms with Crippen LogP contribution in [0.15, 0.2) is 0 Å². The predicted molar refractivity (Wildman–Crippen MR) is 43.0 cm³/mol. The minimum absolute atomic E-state index is 0.0334. The van der Waals surface area contributed by atoms with E-state index in [1.54, 1.807) is 0 Å². The second kappa shape index (κ2) is 4.31. The summed E-state index contributed by atoms with van der Waals surface area (Å²) < 4.78 is 0. The fourth-order valence-corrected chi connectivity index (χ4v) is 1.11. The molecule has 0 spiro atoms. The van der Waals surface area contributed by atoms with Gasteiger partial charge < -0.3 is 16.6 Å². The van der Waals surface area contributed by atoms with Crippen molar-refractivity contribution in [3.05, 3.63) is 0 Å². The van der Waals surface area contributed by atoms with Crippen LogP contribution in [0.5, 0.6) is 0 Å². The summed E-state index contributed by atoms with van der Waals surface area (Å²) in [6.45, 7) is 3.87. The molecule has 0 radical (unpaired) electrons. The molecular weight excluding hydrogens is 144 g/mol. The number of hydrogen-bond donors (Lipinski definition) is 3. The van der Waals surface area contributed by atoms with Crippen molar-refractivity contribution in [2.45, 2.75) is 19.9 Å². The lowest BCUT2D eigenvalue weighted by Crippen LogP contribution is -2.43. The van der Waals surface area contributed by atoms with Crippen molar-refractivity contribution in [1.82, 2.24) is 0 Å². The summed E-state index contributed by atoms with van der Waals surface area (Å²) in [6.07, 6.45) is 0. The van der Waals surface area contributed by atoms with E-state index in [9.17, 15) is 4.79 Å². The van der Waals surface area contributed by atoms with Gasteiger partial charge in [0.2, 0.25) is 0 Å². The third-order valence-corrected chi connectivity index (χ3v) is 1.74. The number of carboxylic acid groups (broad SMARTS) is 1. The molecule has 0 aliphatic carbocycles. The Morgan fingerprint density at radius 1 is 1.55 bits per heavy atom. The van der Waals surface area contributed by atoms with E-state index < -0.39 is 17.9 Å². The summed E-state index contributed by atoms with van der Waals surface area (Å²) in [4.78, 5) is 10.6. The van der Waals surface area contributed by atoms with Gasteiger partial charge in [-0.3, -0.25) is 4.79 Å². The van der Waals surface area contributed by atoms with Crippen LogP contribution in [0, 0.1) is 11.8 Å². The van der Waals surface area contributed by atoms with Gasteiger partial charge in [0, 0.05) is 12.6 Å². The summed E-state index contributed by atoms with van der Waals surface area (Å²) in [5.41, 5.74) is 10.8. The highest BCUT2D eigenvalue weighted by atomic mass is 16.4. The zero-order chi connectivity index (χ0) is 9.02. The number of aliphatic carboxylic acids is 1. The largest absolute Gasteiger partial charge is 0.481 e. The summed E-state index contributed by atoms with van der Waals surface area (Å²) in [5, 5.41) is 8.71. The highest BCUT2D eigenvalue weighted by Gasteiger charge is 2.26. The summed E-state index contributed by atoms with van der Waals surface area (Å²) in [5.74, 6) is -1.36. The third kappa shape index (κ3) is 2.86. The van der Waals surface area contributed by atoms with Crippen LogP contribution in [0.25, 0.3) is 0 Å². The summed E-state index contributed by atoms with van der Waals surface area (Å²) in [7, 11) is 0. The first-order chi connectivity index (χ1) is 5.00. The van der Waals surface area contributed by atoms with Crippen molar-refractivity contribution in [3.63, 3.8) is 0 Å². The Labute approximate surface area is 66.6 Å². The molecule has 0 rings (SSSR count). The number of nitrogens with two attached hydrogens (primary N) is 2. The van der Waals surface area contributed by atoms with Crippen molar-refractivity contribution in [1.29, 1.82) is 0 Å². The average molecular weight is 160 g/mol. The van der Waals surface area contributed by atoms with Gasteiger partial charge in [-0.1, -0.05) is 13.8 Å². The van der Waals surface area contributed by atoms with E-state index in [1.165, 1.54) is 0 Å². The van der Waals surface area contributed by atoms with Crippen LogP contribution in [-0.2, 0) is 4.79 Å². The van der Waals surface area contributed by atoms with Crippen molar-refractivity contribution in [2.75, 3.05) is 6.54 Å². The fourth-order valence-electron chi connectivity index (χ4n) is 1.11. The van der Waals surface area contributed by atoms with E-state index in [2.05, 4.69) is 0 Å². The monoisotopic (exact) mass is 160 g/mol. The molecule has 11 heavy (non-hydrogen) atoms. The molecule has 0 saturated heterocycles. The molecule has 5 N–H and O–H groups in total. The Morgan fingerprint density at radius 3 is 2.09 bits per heavy atom. The molecule has 4 heteroatoms.